The van der Waals surface area contributed by atoms with Crippen LogP contribution in [0.1, 0.15) is 67.1 Å². The summed E-state index contributed by atoms with van der Waals surface area (Å²) in [7, 11) is 0. The molecule has 3 aromatic rings. The normalized spacial score (nSPS) is 11.1. The number of aromatic nitrogens is 4. The Labute approximate surface area is 165 Å². The van der Waals surface area contributed by atoms with Gasteiger partial charge in [-0.05, 0) is 29.2 Å². The third-order valence-electron chi connectivity index (χ3n) is 4.68. The number of hydrogen-bond acceptors (Lipinski definition) is 4. The average molecular weight is 378 g/mol. The van der Waals surface area contributed by atoms with Gasteiger partial charge < -0.3 is 5.11 Å². The van der Waals surface area contributed by atoms with E-state index < -0.39 is 5.97 Å². The standard InChI is InChI=1S/C22H26N4O2/c1-4-5-12-26-20(24-21(25-26)15(2)3)13-16-6-8-17(9-7-16)18-10-11-23-14-19(18)22(27)28/h6-11,14-15H,4-5,12-13H2,1-3H3,(H,27,28). The molecule has 3 rings (SSSR count). The molecule has 2 heterocycles. The van der Waals surface area contributed by atoms with Gasteiger partial charge in [0.25, 0.3) is 0 Å². The summed E-state index contributed by atoms with van der Waals surface area (Å²) in [6.45, 7) is 7.26. The van der Waals surface area contributed by atoms with Crippen molar-refractivity contribution in [2.75, 3.05) is 0 Å². The molecular formula is C22H26N4O2. The van der Waals surface area contributed by atoms with Crippen molar-refractivity contribution in [1.82, 2.24) is 19.7 Å². The van der Waals surface area contributed by atoms with Gasteiger partial charge in [-0.2, -0.15) is 5.10 Å². The largest absolute Gasteiger partial charge is 0.478 e. The van der Waals surface area contributed by atoms with E-state index in [0.29, 0.717) is 17.9 Å². The second-order valence-corrected chi connectivity index (χ2v) is 7.22. The molecule has 1 N–H and O–H groups in total. The predicted molar refractivity (Wildman–Crippen MR) is 108 cm³/mol. The van der Waals surface area contributed by atoms with Crippen molar-refractivity contribution in [3.05, 3.63) is 65.5 Å². The SMILES string of the molecule is CCCCn1nc(C(C)C)nc1Cc1ccc(-c2ccncc2C(=O)O)cc1. The molecule has 0 unspecified atom stereocenters. The van der Waals surface area contributed by atoms with Gasteiger partial charge in [-0.1, -0.05) is 51.5 Å². The molecule has 0 aliphatic carbocycles. The lowest BCUT2D eigenvalue weighted by molar-refractivity contribution is 0.0697. The van der Waals surface area contributed by atoms with Crippen LogP contribution in [0.5, 0.6) is 0 Å². The van der Waals surface area contributed by atoms with Crippen LogP contribution in [0.25, 0.3) is 11.1 Å². The van der Waals surface area contributed by atoms with E-state index in [1.54, 1.807) is 12.3 Å². The number of unbranched alkanes of at least 4 members (excludes halogenated alkanes) is 1. The Balaban J connectivity index is 1.84. The molecule has 0 spiro atoms. The van der Waals surface area contributed by atoms with Crippen molar-refractivity contribution in [3.63, 3.8) is 0 Å². The summed E-state index contributed by atoms with van der Waals surface area (Å²) in [5.74, 6) is 1.17. The lowest BCUT2D eigenvalue weighted by atomic mass is 10.00. The molecule has 0 aliphatic heterocycles. The number of carboxylic acid groups (broad SMARTS) is 1. The maximum Gasteiger partial charge on any atom is 0.337 e. The number of nitrogens with zero attached hydrogens (tertiary/aromatic N) is 4. The summed E-state index contributed by atoms with van der Waals surface area (Å²) in [4.78, 5) is 20.1. The van der Waals surface area contributed by atoms with Gasteiger partial charge in [-0.25, -0.2) is 14.5 Å². The topological polar surface area (TPSA) is 80.9 Å². The molecule has 0 aliphatic rings. The molecule has 0 saturated heterocycles. The fourth-order valence-electron chi connectivity index (χ4n) is 3.06. The number of aryl methyl sites for hydroxylation is 1. The first-order valence-electron chi connectivity index (χ1n) is 9.69. The number of aromatic carboxylic acids is 1. The van der Waals surface area contributed by atoms with Crippen LogP contribution in [0.4, 0.5) is 0 Å². The monoisotopic (exact) mass is 378 g/mol. The van der Waals surface area contributed by atoms with Gasteiger partial charge in [-0.3, -0.25) is 4.98 Å². The van der Waals surface area contributed by atoms with Crippen molar-refractivity contribution in [2.24, 2.45) is 0 Å². The first kappa shape index (κ1) is 19.7. The van der Waals surface area contributed by atoms with E-state index in [1.807, 2.05) is 28.9 Å². The molecule has 6 heteroatoms. The van der Waals surface area contributed by atoms with E-state index in [-0.39, 0.29) is 5.56 Å². The fourth-order valence-corrected chi connectivity index (χ4v) is 3.06. The maximum atomic E-state index is 11.4. The molecule has 0 saturated carbocycles. The predicted octanol–water partition coefficient (Wildman–Crippen LogP) is 4.55. The Morgan fingerprint density at radius 3 is 2.57 bits per heavy atom. The summed E-state index contributed by atoms with van der Waals surface area (Å²) in [6, 6.07) is 9.68. The lowest BCUT2D eigenvalue weighted by Gasteiger charge is -2.08. The molecule has 146 valence electrons. The van der Waals surface area contributed by atoms with Gasteiger partial charge in [-0.15, -0.1) is 0 Å². The van der Waals surface area contributed by atoms with Crippen molar-refractivity contribution in [2.45, 2.75) is 52.5 Å². The number of pyridine rings is 1. The zero-order valence-electron chi connectivity index (χ0n) is 16.6. The van der Waals surface area contributed by atoms with Gasteiger partial charge >= 0.3 is 5.97 Å². The van der Waals surface area contributed by atoms with Crippen LogP contribution >= 0.6 is 0 Å². The van der Waals surface area contributed by atoms with E-state index in [2.05, 4.69) is 30.9 Å². The molecule has 2 aromatic heterocycles. The van der Waals surface area contributed by atoms with Crippen molar-refractivity contribution >= 4 is 5.97 Å². The van der Waals surface area contributed by atoms with Crippen LogP contribution < -0.4 is 0 Å². The van der Waals surface area contributed by atoms with Crippen LogP contribution in [-0.4, -0.2) is 30.8 Å². The molecule has 0 fully saturated rings. The summed E-state index contributed by atoms with van der Waals surface area (Å²) < 4.78 is 2.03. The molecule has 0 amide bonds. The van der Waals surface area contributed by atoms with Gasteiger partial charge in [0.15, 0.2) is 5.82 Å². The first-order valence-corrected chi connectivity index (χ1v) is 9.69. The first-order chi connectivity index (χ1) is 13.5. The zero-order chi connectivity index (χ0) is 20.1. The highest BCUT2D eigenvalue weighted by molar-refractivity contribution is 5.95. The summed E-state index contributed by atoms with van der Waals surface area (Å²) in [5, 5.41) is 14.0. The fraction of sp³-hybridized carbons (Fsp3) is 0.364. The Kier molecular flexibility index (Phi) is 6.19. The highest BCUT2D eigenvalue weighted by Gasteiger charge is 2.14. The number of hydrogen-bond donors (Lipinski definition) is 1. The molecule has 0 radical (unpaired) electrons. The van der Waals surface area contributed by atoms with Crippen LogP contribution in [-0.2, 0) is 13.0 Å². The molecule has 0 bridgehead atoms. The smallest absolute Gasteiger partial charge is 0.337 e. The third-order valence-corrected chi connectivity index (χ3v) is 4.68. The molecule has 6 nitrogen and oxygen atoms in total. The van der Waals surface area contributed by atoms with Gasteiger partial charge in [0.1, 0.15) is 5.82 Å². The number of carboxylic acids is 1. The Morgan fingerprint density at radius 1 is 1.18 bits per heavy atom. The van der Waals surface area contributed by atoms with E-state index in [1.165, 1.54) is 6.20 Å². The van der Waals surface area contributed by atoms with Crippen molar-refractivity contribution < 1.29 is 9.90 Å². The highest BCUT2D eigenvalue weighted by Crippen LogP contribution is 2.24. The van der Waals surface area contributed by atoms with E-state index in [9.17, 15) is 9.90 Å². The average Bonchev–Trinajstić information content (AvgIpc) is 3.10. The van der Waals surface area contributed by atoms with Crippen LogP contribution in [0.2, 0.25) is 0 Å². The van der Waals surface area contributed by atoms with Crippen molar-refractivity contribution in [1.29, 1.82) is 0 Å². The van der Waals surface area contributed by atoms with Crippen LogP contribution in [0, 0.1) is 0 Å². The molecule has 1 aromatic carbocycles. The number of rotatable bonds is 8. The quantitative estimate of drug-likeness (QED) is 0.622. The van der Waals surface area contributed by atoms with Gasteiger partial charge in [0.2, 0.25) is 0 Å². The lowest BCUT2D eigenvalue weighted by Crippen LogP contribution is -2.06. The minimum Gasteiger partial charge on any atom is -0.478 e. The molecule has 28 heavy (non-hydrogen) atoms. The van der Waals surface area contributed by atoms with Crippen LogP contribution in [0.15, 0.2) is 42.7 Å². The second-order valence-electron chi connectivity index (χ2n) is 7.22. The minimum absolute atomic E-state index is 0.205. The van der Waals surface area contributed by atoms with Crippen molar-refractivity contribution in [3.8, 4) is 11.1 Å². The maximum absolute atomic E-state index is 11.4. The Morgan fingerprint density at radius 2 is 1.93 bits per heavy atom. The Hall–Kier alpha value is -3.02. The summed E-state index contributed by atoms with van der Waals surface area (Å²) >= 11 is 0. The molecule has 0 atom stereocenters. The highest BCUT2D eigenvalue weighted by atomic mass is 16.4. The number of carbonyl (C=O) groups is 1. The third kappa shape index (κ3) is 4.44. The summed E-state index contributed by atoms with van der Waals surface area (Å²) in [6.07, 6.45) is 5.89. The Bertz CT molecular complexity index is 945. The van der Waals surface area contributed by atoms with Gasteiger partial charge in [0, 0.05) is 31.3 Å². The van der Waals surface area contributed by atoms with Gasteiger partial charge in [0.05, 0.1) is 5.56 Å². The zero-order valence-corrected chi connectivity index (χ0v) is 16.6. The number of benzene rings is 1. The minimum atomic E-state index is -0.975. The van der Waals surface area contributed by atoms with Crippen LogP contribution in [0.3, 0.4) is 0 Å². The summed E-state index contributed by atoms with van der Waals surface area (Å²) in [5.41, 5.74) is 2.85. The second kappa shape index (κ2) is 8.78. The molecular weight excluding hydrogens is 352 g/mol. The van der Waals surface area contributed by atoms with E-state index in [0.717, 1.165) is 42.2 Å². The van der Waals surface area contributed by atoms with E-state index >= 15 is 0 Å². The van der Waals surface area contributed by atoms with E-state index in [4.69, 9.17) is 4.98 Å².